The lowest BCUT2D eigenvalue weighted by molar-refractivity contribution is -0.138. The number of rotatable bonds is 5. The molecule has 1 amide bonds. The number of amides is 1. The zero-order chi connectivity index (χ0) is 23.5. The van der Waals surface area contributed by atoms with Gasteiger partial charge < -0.3 is 14.9 Å². The highest BCUT2D eigenvalue weighted by atomic mass is 32.1. The molecule has 6 nitrogen and oxygen atoms in total. The van der Waals surface area contributed by atoms with Crippen LogP contribution in [0.2, 0.25) is 0 Å². The minimum atomic E-state index is -0.521. The second-order valence-corrected chi connectivity index (χ2v) is 13.1. The van der Waals surface area contributed by atoms with Crippen LogP contribution in [0.15, 0.2) is 6.08 Å². The summed E-state index contributed by atoms with van der Waals surface area (Å²) in [5.74, 6) is 4.16. The molecule has 7 unspecified atom stereocenters. The minimum Gasteiger partial charge on any atom is -0.373 e. The van der Waals surface area contributed by atoms with E-state index in [-0.39, 0.29) is 17.7 Å². The average molecular weight is 497 g/mol. The highest BCUT2D eigenvalue weighted by Gasteiger charge is 2.60. The van der Waals surface area contributed by atoms with Crippen molar-refractivity contribution < 1.29 is 9.90 Å². The predicted octanol–water partition coefficient (Wildman–Crippen LogP) is 3.85. The number of nitrogens with zero attached hydrogens (tertiary/aromatic N) is 4. The number of aliphatic hydroxyl groups is 1. The fourth-order valence-electron chi connectivity index (χ4n) is 8.66. The summed E-state index contributed by atoms with van der Waals surface area (Å²) in [6.45, 7) is 6.22. The number of allylic oxidation sites excluding steroid dienone is 1. The van der Waals surface area contributed by atoms with Crippen LogP contribution >= 0.6 is 11.5 Å². The number of carbonyl (C=O) groups excluding carboxylic acids is 1. The van der Waals surface area contributed by atoms with E-state index in [1.807, 2.05) is 4.90 Å². The first-order chi connectivity index (χ1) is 17.2. The Morgan fingerprint density at radius 2 is 1.77 bits per heavy atom. The number of aryl methyl sites for hydroxylation is 1. The standard InChI is InChI=1S/C28H40N4O2S/c33-27-24-18-9-10-19(15-18)25(24)28(34)32(27)17-21-6-2-1-5-20(21)16-30-11-13-31(14-12-30)26-22-7-3-4-8-23(22)35-29-26/h3,7,18-21,24-25,27,33H,1-2,4-6,8-17H2. The summed E-state index contributed by atoms with van der Waals surface area (Å²) < 4.78 is 4.82. The van der Waals surface area contributed by atoms with Crippen molar-refractivity contribution in [1.82, 2.24) is 14.2 Å². The molecular formula is C28H40N4O2S. The summed E-state index contributed by atoms with van der Waals surface area (Å²) in [4.78, 5) is 21.9. The molecule has 7 atom stereocenters. The molecule has 5 fully saturated rings. The van der Waals surface area contributed by atoms with Crippen molar-refractivity contribution in [3.8, 4) is 0 Å². The van der Waals surface area contributed by atoms with Crippen LogP contribution in [-0.2, 0) is 11.2 Å². The number of fused-ring (bicyclic) bond motifs is 6. The van der Waals surface area contributed by atoms with E-state index in [9.17, 15) is 9.90 Å². The Bertz CT molecular complexity index is 986. The van der Waals surface area contributed by atoms with Crippen molar-refractivity contribution in [1.29, 1.82) is 0 Å². The number of piperazine rings is 1. The molecule has 190 valence electrons. The fourth-order valence-corrected chi connectivity index (χ4v) is 9.54. The SMILES string of the molecule is O=C1C2C3CCC(C3)C2C(O)N1CC1CCCCC1CN1CCN(c2nsc3c2C=CCC3)CC1. The van der Waals surface area contributed by atoms with Gasteiger partial charge >= 0.3 is 0 Å². The van der Waals surface area contributed by atoms with Crippen LogP contribution in [0.4, 0.5) is 5.82 Å². The van der Waals surface area contributed by atoms with Gasteiger partial charge in [0.05, 0.1) is 0 Å². The van der Waals surface area contributed by atoms with Crippen LogP contribution in [0.1, 0.15) is 61.8 Å². The largest absolute Gasteiger partial charge is 0.373 e. The topological polar surface area (TPSA) is 59.9 Å². The number of hydrogen-bond acceptors (Lipinski definition) is 6. The maximum atomic E-state index is 13.3. The van der Waals surface area contributed by atoms with E-state index in [0.29, 0.717) is 23.7 Å². The van der Waals surface area contributed by atoms with Gasteiger partial charge in [0.25, 0.3) is 0 Å². The second kappa shape index (κ2) is 9.14. The molecule has 2 aliphatic heterocycles. The summed E-state index contributed by atoms with van der Waals surface area (Å²) in [5, 5.41) is 11.2. The van der Waals surface area contributed by atoms with Crippen LogP contribution < -0.4 is 4.90 Å². The van der Waals surface area contributed by atoms with E-state index in [1.165, 1.54) is 61.2 Å². The highest BCUT2D eigenvalue weighted by molar-refractivity contribution is 7.06. The van der Waals surface area contributed by atoms with Crippen molar-refractivity contribution in [2.45, 2.75) is 64.0 Å². The summed E-state index contributed by atoms with van der Waals surface area (Å²) in [6, 6.07) is 0. The Morgan fingerprint density at radius 3 is 2.57 bits per heavy atom. The first-order valence-electron chi connectivity index (χ1n) is 14.3. The third-order valence-corrected chi connectivity index (χ3v) is 11.4. The quantitative estimate of drug-likeness (QED) is 0.671. The molecular weight excluding hydrogens is 456 g/mol. The van der Waals surface area contributed by atoms with Gasteiger partial charge in [-0.2, -0.15) is 4.37 Å². The van der Waals surface area contributed by atoms with Crippen LogP contribution in [-0.4, -0.2) is 70.7 Å². The van der Waals surface area contributed by atoms with Gasteiger partial charge in [-0.3, -0.25) is 9.69 Å². The molecule has 35 heavy (non-hydrogen) atoms. The molecule has 1 aromatic rings. The first kappa shape index (κ1) is 22.7. The molecule has 0 spiro atoms. The van der Waals surface area contributed by atoms with Gasteiger partial charge in [-0.25, -0.2) is 0 Å². The number of aromatic nitrogens is 1. The number of aliphatic hydroxyl groups excluding tert-OH is 1. The Labute approximate surface area is 213 Å². The second-order valence-electron chi connectivity index (χ2n) is 12.2. The fraction of sp³-hybridized carbons (Fsp3) is 0.786. The lowest BCUT2D eigenvalue weighted by atomic mass is 9.78. The predicted molar refractivity (Wildman–Crippen MR) is 139 cm³/mol. The van der Waals surface area contributed by atoms with Crippen LogP contribution in [0, 0.1) is 35.5 Å². The molecule has 7 rings (SSSR count). The number of likely N-dealkylation sites (tertiary alicyclic amines) is 1. The van der Waals surface area contributed by atoms with E-state index in [1.54, 1.807) is 11.5 Å². The van der Waals surface area contributed by atoms with Crippen molar-refractivity contribution in [3.63, 3.8) is 0 Å². The van der Waals surface area contributed by atoms with Crippen LogP contribution in [0.25, 0.3) is 6.08 Å². The van der Waals surface area contributed by atoms with Crippen molar-refractivity contribution >= 4 is 29.3 Å². The van der Waals surface area contributed by atoms with Crippen LogP contribution in [0.3, 0.4) is 0 Å². The van der Waals surface area contributed by atoms with E-state index >= 15 is 0 Å². The van der Waals surface area contributed by atoms with Gasteiger partial charge in [0, 0.05) is 61.5 Å². The number of carbonyl (C=O) groups is 1. The van der Waals surface area contributed by atoms with E-state index in [4.69, 9.17) is 4.37 Å². The third kappa shape index (κ3) is 3.88. The molecule has 2 saturated heterocycles. The van der Waals surface area contributed by atoms with E-state index < -0.39 is 6.23 Å². The van der Waals surface area contributed by atoms with Gasteiger partial charge in [0.1, 0.15) is 12.0 Å². The van der Waals surface area contributed by atoms with Crippen molar-refractivity contribution in [3.05, 3.63) is 16.5 Å². The normalized spacial score (nSPS) is 38.9. The molecule has 0 radical (unpaired) electrons. The van der Waals surface area contributed by atoms with Crippen LogP contribution in [0.5, 0.6) is 0 Å². The minimum absolute atomic E-state index is 0.130. The maximum Gasteiger partial charge on any atom is 0.228 e. The zero-order valence-electron chi connectivity index (χ0n) is 20.9. The van der Waals surface area contributed by atoms with Gasteiger partial charge in [-0.1, -0.05) is 25.0 Å². The van der Waals surface area contributed by atoms with E-state index in [2.05, 4.69) is 22.0 Å². The highest BCUT2D eigenvalue weighted by Crippen LogP contribution is 2.57. The van der Waals surface area contributed by atoms with Gasteiger partial charge in [0.2, 0.25) is 5.91 Å². The Hall–Kier alpha value is -1.44. The first-order valence-corrected chi connectivity index (χ1v) is 15.1. The van der Waals surface area contributed by atoms with Crippen molar-refractivity contribution in [2.75, 3.05) is 44.2 Å². The molecule has 1 aromatic heterocycles. The molecule has 3 heterocycles. The molecule has 3 saturated carbocycles. The van der Waals surface area contributed by atoms with Crippen molar-refractivity contribution in [2.24, 2.45) is 35.5 Å². The Balaban J connectivity index is 0.974. The third-order valence-electron chi connectivity index (χ3n) is 10.5. The smallest absolute Gasteiger partial charge is 0.228 e. The molecule has 7 heteroatoms. The lowest BCUT2D eigenvalue weighted by Gasteiger charge is -2.41. The molecule has 2 bridgehead atoms. The Kier molecular flexibility index (Phi) is 5.94. The molecule has 1 N–H and O–H groups in total. The van der Waals surface area contributed by atoms with E-state index in [0.717, 1.165) is 52.1 Å². The van der Waals surface area contributed by atoms with Gasteiger partial charge in [0.15, 0.2) is 0 Å². The molecule has 4 aliphatic carbocycles. The molecule has 0 aromatic carbocycles. The number of hydrogen-bond donors (Lipinski definition) is 1. The summed E-state index contributed by atoms with van der Waals surface area (Å²) in [7, 11) is 0. The molecule has 6 aliphatic rings. The zero-order valence-corrected chi connectivity index (χ0v) is 21.7. The number of anilines is 1. The lowest BCUT2D eigenvalue weighted by Crippen LogP contribution is -2.50. The van der Waals surface area contributed by atoms with Gasteiger partial charge in [-0.15, -0.1) is 0 Å². The monoisotopic (exact) mass is 496 g/mol. The van der Waals surface area contributed by atoms with Gasteiger partial charge in [-0.05, 0) is 80.1 Å². The average Bonchev–Trinajstić information content (AvgIpc) is 3.66. The maximum absolute atomic E-state index is 13.3. The summed E-state index contributed by atoms with van der Waals surface area (Å²) in [6.07, 6.45) is 15.0. The summed E-state index contributed by atoms with van der Waals surface area (Å²) in [5.41, 5.74) is 1.37. The Morgan fingerprint density at radius 1 is 1.00 bits per heavy atom. The summed E-state index contributed by atoms with van der Waals surface area (Å²) >= 11 is 1.69.